The fourth-order valence-electron chi connectivity index (χ4n) is 2.28. The summed E-state index contributed by atoms with van der Waals surface area (Å²) in [5, 5.41) is 18.5. The van der Waals surface area contributed by atoms with Gasteiger partial charge >= 0.3 is 12.0 Å². The molecule has 0 aliphatic heterocycles. The molecule has 0 spiro atoms. The van der Waals surface area contributed by atoms with E-state index in [0.29, 0.717) is 6.54 Å². The largest absolute Gasteiger partial charge is 0.481 e. The maximum absolute atomic E-state index is 11.7. The molecule has 1 fully saturated rings. The molecule has 2 amide bonds. The van der Waals surface area contributed by atoms with Crippen LogP contribution in [0.15, 0.2) is 16.8 Å². The molecular weight excluding hydrogens is 264 g/mol. The lowest BCUT2D eigenvalue weighted by Gasteiger charge is -2.41. The molecule has 5 nitrogen and oxygen atoms in total. The molecule has 104 valence electrons. The van der Waals surface area contributed by atoms with Crippen LogP contribution in [-0.2, 0) is 11.2 Å². The first-order valence-electron chi connectivity index (χ1n) is 6.39. The molecule has 0 atom stereocenters. The van der Waals surface area contributed by atoms with Crippen molar-refractivity contribution in [2.75, 3.05) is 6.54 Å². The monoisotopic (exact) mass is 282 g/mol. The molecule has 1 heterocycles. The number of rotatable bonds is 6. The van der Waals surface area contributed by atoms with Gasteiger partial charge in [0.15, 0.2) is 0 Å². The number of aliphatic carboxylic acids is 1. The highest BCUT2D eigenvalue weighted by Gasteiger charge is 2.40. The van der Waals surface area contributed by atoms with Gasteiger partial charge in [-0.3, -0.25) is 4.79 Å². The average molecular weight is 282 g/mol. The summed E-state index contributed by atoms with van der Waals surface area (Å²) >= 11 is 1.63. The van der Waals surface area contributed by atoms with E-state index in [2.05, 4.69) is 16.0 Å². The van der Waals surface area contributed by atoms with Crippen LogP contribution in [0, 0.1) is 0 Å². The van der Waals surface area contributed by atoms with Crippen molar-refractivity contribution in [2.24, 2.45) is 0 Å². The Morgan fingerprint density at radius 3 is 2.74 bits per heavy atom. The molecule has 1 aliphatic carbocycles. The molecule has 0 aromatic carbocycles. The number of thiophene rings is 1. The van der Waals surface area contributed by atoms with Gasteiger partial charge in [-0.05, 0) is 48.1 Å². The van der Waals surface area contributed by atoms with Crippen LogP contribution in [0.5, 0.6) is 0 Å². The van der Waals surface area contributed by atoms with Crippen molar-refractivity contribution in [3.63, 3.8) is 0 Å². The Kier molecular flexibility index (Phi) is 4.42. The molecule has 3 N–H and O–H groups in total. The summed E-state index contributed by atoms with van der Waals surface area (Å²) in [7, 11) is 0. The standard InChI is InChI=1S/C13H18N2O3S/c16-11(17)8-13(4-1-5-13)15-12(18)14-6-2-10-3-7-19-9-10/h3,7,9H,1-2,4-6,8H2,(H,16,17)(H2,14,15,18). The van der Waals surface area contributed by atoms with E-state index in [4.69, 9.17) is 5.11 Å². The van der Waals surface area contributed by atoms with Crippen molar-refractivity contribution >= 4 is 23.3 Å². The van der Waals surface area contributed by atoms with Gasteiger partial charge < -0.3 is 15.7 Å². The third kappa shape index (κ3) is 3.96. The number of hydrogen-bond acceptors (Lipinski definition) is 3. The Morgan fingerprint density at radius 2 is 2.21 bits per heavy atom. The zero-order chi connectivity index (χ0) is 13.7. The second-order valence-electron chi connectivity index (χ2n) is 4.97. The van der Waals surface area contributed by atoms with E-state index in [0.717, 1.165) is 25.7 Å². The summed E-state index contributed by atoms with van der Waals surface area (Å²) in [6.07, 6.45) is 3.27. The number of carboxylic acids is 1. The third-order valence-corrected chi connectivity index (χ3v) is 4.19. The molecule has 0 unspecified atom stereocenters. The Bertz CT molecular complexity index is 441. The Labute approximate surface area is 116 Å². The van der Waals surface area contributed by atoms with Crippen molar-refractivity contribution in [1.29, 1.82) is 0 Å². The lowest BCUT2D eigenvalue weighted by molar-refractivity contribution is -0.139. The fraction of sp³-hybridized carbons (Fsp3) is 0.538. The normalized spacial score (nSPS) is 16.4. The summed E-state index contributed by atoms with van der Waals surface area (Å²) in [5.74, 6) is -0.863. The highest BCUT2D eigenvalue weighted by atomic mass is 32.1. The van der Waals surface area contributed by atoms with Gasteiger partial charge in [0, 0.05) is 6.54 Å². The van der Waals surface area contributed by atoms with Crippen LogP contribution in [0.4, 0.5) is 4.79 Å². The molecule has 1 aromatic rings. The van der Waals surface area contributed by atoms with E-state index in [1.807, 2.05) is 11.4 Å². The van der Waals surface area contributed by atoms with E-state index in [1.54, 1.807) is 11.3 Å². The SMILES string of the molecule is O=C(O)CC1(NC(=O)NCCc2ccsc2)CCC1. The van der Waals surface area contributed by atoms with E-state index in [9.17, 15) is 9.59 Å². The van der Waals surface area contributed by atoms with Gasteiger partial charge in [-0.25, -0.2) is 4.79 Å². The van der Waals surface area contributed by atoms with E-state index < -0.39 is 11.5 Å². The smallest absolute Gasteiger partial charge is 0.315 e. The van der Waals surface area contributed by atoms with E-state index in [-0.39, 0.29) is 12.5 Å². The van der Waals surface area contributed by atoms with E-state index >= 15 is 0 Å². The molecule has 0 bridgehead atoms. The highest BCUT2D eigenvalue weighted by Crippen LogP contribution is 2.34. The predicted molar refractivity (Wildman–Crippen MR) is 73.4 cm³/mol. The fourth-order valence-corrected chi connectivity index (χ4v) is 2.98. The van der Waals surface area contributed by atoms with Crippen LogP contribution in [0.2, 0.25) is 0 Å². The van der Waals surface area contributed by atoms with Crippen molar-refractivity contribution < 1.29 is 14.7 Å². The van der Waals surface area contributed by atoms with Crippen LogP contribution in [-0.4, -0.2) is 29.2 Å². The van der Waals surface area contributed by atoms with Gasteiger partial charge in [0.05, 0.1) is 12.0 Å². The molecule has 2 rings (SSSR count). The van der Waals surface area contributed by atoms with Crippen LogP contribution in [0.1, 0.15) is 31.2 Å². The number of amides is 2. The van der Waals surface area contributed by atoms with Crippen LogP contribution >= 0.6 is 11.3 Å². The highest BCUT2D eigenvalue weighted by molar-refractivity contribution is 7.07. The first-order valence-corrected chi connectivity index (χ1v) is 7.33. The maximum Gasteiger partial charge on any atom is 0.315 e. The molecule has 1 saturated carbocycles. The van der Waals surface area contributed by atoms with Gasteiger partial charge in [-0.1, -0.05) is 0 Å². The van der Waals surface area contributed by atoms with Gasteiger partial charge in [0.1, 0.15) is 0 Å². The second kappa shape index (κ2) is 6.06. The summed E-state index contributed by atoms with van der Waals surface area (Å²) in [5.41, 5.74) is 0.673. The van der Waals surface area contributed by atoms with Crippen LogP contribution < -0.4 is 10.6 Å². The van der Waals surface area contributed by atoms with Gasteiger partial charge in [0.25, 0.3) is 0 Å². The molecule has 19 heavy (non-hydrogen) atoms. The number of carboxylic acid groups (broad SMARTS) is 1. The molecule has 0 saturated heterocycles. The average Bonchev–Trinajstić information content (AvgIpc) is 2.78. The molecule has 6 heteroatoms. The third-order valence-electron chi connectivity index (χ3n) is 3.46. The molecular formula is C13H18N2O3S. The summed E-state index contributed by atoms with van der Waals surface area (Å²) in [4.78, 5) is 22.5. The van der Waals surface area contributed by atoms with Gasteiger partial charge in [-0.2, -0.15) is 11.3 Å². The Morgan fingerprint density at radius 1 is 1.42 bits per heavy atom. The van der Waals surface area contributed by atoms with Crippen molar-refractivity contribution in [3.05, 3.63) is 22.4 Å². The quantitative estimate of drug-likeness (QED) is 0.746. The van der Waals surface area contributed by atoms with Crippen LogP contribution in [0.3, 0.4) is 0 Å². The molecule has 1 aliphatic rings. The minimum Gasteiger partial charge on any atom is -0.481 e. The second-order valence-corrected chi connectivity index (χ2v) is 5.75. The Balaban J connectivity index is 1.72. The van der Waals surface area contributed by atoms with Gasteiger partial charge in [-0.15, -0.1) is 0 Å². The van der Waals surface area contributed by atoms with Crippen molar-refractivity contribution in [2.45, 2.75) is 37.6 Å². The number of nitrogens with one attached hydrogen (secondary N) is 2. The topological polar surface area (TPSA) is 78.4 Å². The minimum absolute atomic E-state index is 0.00491. The zero-order valence-corrected chi connectivity index (χ0v) is 11.5. The van der Waals surface area contributed by atoms with Crippen molar-refractivity contribution in [1.82, 2.24) is 10.6 Å². The number of urea groups is 1. The lowest BCUT2D eigenvalue weighted by atomic mass is 9.74. The lowest BCUT2D eigenvalue weighted by Crippen LogP contribution is -2.57. The first kappa shape index (κ1) is 13.9. The zero-order valence-electron chi connectivity index (χ0n) is 10.6. The molecule has 1 aromatic heterocycles. The summed E-state index contributed by atoms with van der Waals surface area (Å²) < 4.78 is 0. The van der Waals surface area contributed by atoms with Gasteiger partial charge in [0.2, 0.25) is 0 Å². The predicted octanol–water partition coefficient (Wildman–Crippen LogP) is 1.99. The maximum atomic E-state index is 11.7. The van der Waals surface area contributed by atoms with Crippen molar-refractivity contribution in [3.8, 4) is 0 Å². The molecule has 0 radical (unpaired) electrons. The number of carbonyl (C=O) groups is 2. The first-order chi connectivity index (χ1) is 9.10. The number of hydrogen-bond donors (Lipinski definition) is 3. The van der Waals surface area contributed by atoms with Crippen LogP contribution in [0.25, 0.3) is 0 Å². The number of carbonyl (C=O) groups excluding carboxylic acids is 1. The van der Waals surface area contributed by atoms with E-state index in [1.165, 1.54) is 5.56 Å². The summed E-state index contributed by atoms with van der Waals surface area (Å²) in [6, 6.07) is 1.76. The minimum atomic E-state index is -0.863. The Hall–Kier alpha value is -1.56. The summed E-state index contributed by atoms with van der Waals surface area (Å²) in [6.45, 7) is 0.561.